The van der Waals surface area contributed by atoms with Gasteiger partial charge in [-0.05, 0) is 55.1 Å². The lowest BCUT2D eigenvalue weighted by Gasteiger charge is -2.30. The van der Waals surface area contributed by atoms with Crippen molar-refractivity contribution in [1.29, 1.82) is 0 Å². The van der Waals surface area contributed by atoms with Gasteiger partial charge in [0.15, 0.2) is 5.69 Å². The lowest BCUT2D eigenvalue weighted by molar-refractivity contribution is -0.118. The number of hydrogen-bond acceptors (Lipinski definition) is 7. The highest BCUT2D eigenvalue weighted by molar-refractivity contribution is 9.10. The topological polar surface area (TPSA) is 77.4 Å². The number of rotatable bonds is 5. The zero-order chi connectivity index (χ0) is 22.0. The maximum atomic E-state index is 12.8. The van der Waals surface area contributed by atoms with Crippen LogP contribution in [-0.2, 0) is 4.79 Å². The first-order valence-electron chi connectivity index (χ1n) is 9.88. The van der Waals surface area contributed by atoms with E-state index in [0.717, 1.165) is 27.1 Å². The second-order valence-electron chi connectivity index (χ2n) is 6.70. The number of aromatic nitrogens is 3. The minimum absolute atomic E-state index is 0.161. The lowest BCUT2D eigenvalue weighted by Crippen LogP contribution is -2.36. The van der Waals surface area contributed by atoms with Crippen molar-refractivity contribution >= 4 is 39.3 Å². The molecule has 0 N–H and O–H groups in total. The molecule has 1 aliphatic heterocycles. The third-order valence-electron chi connectivity index (χ3n) is 4.66. The quantitative estimate of drug-likeness (QED) is 0.442. The first kappa shape index (κ1) is 21.6. The Bertz CT molecular complexity index is 1110. The van der Waals surface area contributed by atoms with Crippen molar-refractivity contribution in [2.75, 3.05) is 17.3 Å². The van der Waals surface area contributed by atoms with E-state index < -0.39 is 6.23 Å². The van der Waals surface area contributed by atoms with Gasteiger partial charge in [-0.1, -0.05) is 34.6 Å². The molecule has 0 bridgehead atoms. The number of benzene rings is 2. The summed E-state index contributed by atoms with van der Waals surface area (Å²) >= 11 is 5.00. The van der Waals surface area contributed by atoms with Crippen LogP contribution in [0.3, 0.4) is 0 Å². The maximum absolute atomic E-state index is 12.8. The largest absolute Gasteiger partial charge is 0.494 e. The van der Waals surface area contributed by atoms with Crippen LogP contribution in [0, 0.1) is 0 Å². The highest BCUT2D eigenvalue weighted by Gasteiger charge is 2.34. The van der Waals surface area contributed by atoms with Crippen LogP contribution in [0.1, 0.15) is 32.6 Å². The minimum atomic E-state index is -0.717. The van der Waals surface area contributed by atoms with Gasteiger partial charge in [-0.25, -0.2) is 0 Å². The van der Waals surface area contributed by atoms with Gasteiger partial charge in [-0.15, -0.1) is 10.2 Å². The summed E-state index contributed by atoms with van der Waals surface area (Å²) in [6.45, 7) is 6.05. The van der Waals surface area contributed by atoms with Gasteiger partial charge in [0.25, 0.3) is 0 Å². The van der Waals surface area contributed by atoms with Crippen LogP contribution in [0.25, 0.3) is 11.3 Å². The second-order valence-corrected chi connectivity index (χ2v) is 8.85. The molecule has 7 nitrogen and oxygen atoms in total. The Balaban J connectivity index is 1.90. The zero-order valence-corrected chi connectivity index (χ0v) is 19.7. The molecule has 4 rings (SSSR count). The molecule has 0 fully saturated rings. The number of carbonyl (C=O) groups excluding carboxylic acids is 1. The van der Waals surface area contributed by atoms with E-state index in [1.54, 1.807) is 4.90 Å². The van der Waals surface area contributed by atoms with Gasteiger partial charge in [-0.3, -0.25) is 9.69 Å². The molecule has 1 aliphatic rings. The van der Waals surface area contributed by atoms with Crippen molar-refractivity contribution in [1.82, 2.24) is 15.2 Å². The number of fused-ring (bicyclic) bond motifs is 3. The van der Waals surface area contributed by atoms with Crippen LogP contribution < -0.4 is 14.4 Å². The summed E-state index contributed by atoms with van der Waals surface area (Å²) in [5, 5.41) is 9.17. The van der Waals surface area contributed by atoms with Gasteiger partial charge in [0.1, 0.15) is 5.75 Å². The third kappa shape index (κ3) is 4.38. The number of ether oxygens (including phenoxy) is 2. The molecule has 0 aliphatic carbocycles. The third-order valence-corrected chi connectivity index (χ3v) is 5.87. The molecule has 0 radical (unpaired) electrons. The Hall–Kier alpha value is -2.65. The summed E-state index contributed by atoms with van der Waals surface area (Å²) in [5.41, 5.74) is 2.70. The fraction of sp³-hybridized carbons (Fsp3) is 0.273. The lowest BCUT2D eigenvalue weighted by atomic mass is 10.1. The molecule has 0 spiro atoms. The normalized spacial score (nSPS) is 14.8. The van der Waals surface area contributed by atoms with E-state index in [-0.39, 0.29) is 5.91 Å². The Morgan fingerprint density at radius 1 is 1.19 bits per heavy atom. The molecular formula is C22H21BrN4O3S. The van der Waals surface area contributed by atoms with Crippen LogP contribution >= 0.6 is 27.7 Å². The Morgan fingerprint density at radius 3 is 2.65 bits per heavy atom. The number of anilines is 1. The van der Waals surface area contributed by atoms with E-state index in [2.05, 4.69) is 31.1 Å². The Labute approximate surface area is 193 Å². The van der Waals surface area contributed by atoms with E-state index in [1.165, 1.54) is 18.7 Å². The van der Waals surface area contributed by atoms with Crippen LogP contribution in [-0.4, -0.2) is 33.4 Å². The molecule has 3 aromatic rings. The highest BCUT2D eigenvalue weighted by Crippen LogP contribution is 2.44. The maximum Gasteiger partial charge on any atom is 0.247 e. The molecule has 1 amide bonds. The molecule has 2 aromatic carbocycles. The van der Waals surface area contributed by atoms with Crippen LogP contribution in [0.15, 0.2) is 52.1 Å². The first-order valence-corrected chi connectivity index (χ1v) is 11.7. The van der Waals surface area contributed by atoms with Gasteiger partial charge >= 0.3 is 0 Å². The molecule has 0 saturated heterocycles. The average molecular weight is 501 g/mol. The van der Waals surface area contributed by atoms with Crippen molar-refractivity contribution in [3.63, 3.8) is 0 Å². The molecule has 160 valence electrons. The van der Waals surface area contributed by atoms with Gasteiger partial charge < -0.3 is 9.47 Å². The molecule has 2 heterocycles. The number of nitrogens with zero attached hydrogens (tertiary/aromatic N) is 4. The summed E-state index contributed by atoms with van der Waals surface area (Å²) in [6, 6.07) is 13.2. The summed E-state index contributed by atoms with van der Waals surface area (Å²) in [4.78, 5) is 19.0. The van der Waals surface area contributed by atoms with Gasteiger partial charge in [0.2, 0.25) is 23.2 Å². The van der Waals surface area contributed by atoms with E-state index in [4.69, 9.17) is 9.47 Å². The fourth-order valence-corrected chi connectivity index (χ4v) is 4.24. The van der Waals surface area contributed by atoms with Gasteiger partial charge in [0.05, 0.1) is 12.3 Å². The van der Waals surface area contributed by atoms with Crippen molar-refractivity contribution in [3.05, 3.63) is 52.5 Å². The van der Waals surface area contributed by atoms with E-state index in [0.29, 0.717) is 29.0 Å². The second kappa shape index (κ2) is 9.23. The van der Waals surface area contributed by atoms with E-state index >= 15 is 0 Å². The van der Waals surface area contributed by atoms with Crippen molar-refractivity contribution in [3.8, 4) is 22.9 Å². The first-order chi connectivity index (χ1) is 15.0. The summed E-state index contributed by atoms with van der Waals surface area (Å²) in [6.07, 6.45) is -0.717. The molecule has 1 aromatic heterocycles. The van der Waals surface area contributed by atoms with E-state index in [1.807, 2.05) is 56.3 Å². The van der Waals surface area contributed by atoms with Crippen LogP contribution in [0.5, 0.6) is 11.6 Å². The number of thioether (sulfide) groups is 1. The standard InChI is InChI=1S/C22H21BrN4O3S/c1-4-29-16-9-6-14(7-10-16)21-27(13(3)28)18-11-8-15(23)12-17(18)19-20(30-21)24-22(26-25-19)31-5-2/h6-12,21H,4-5H2,1-3H3/t21-/m0/s1. The van der Waals surface area contributed by atoms with E-state index in [9.17, 15) is 4.79 Å². The Morgan fingerprint density at radius 2 is 1.97 bits per heavy atom. The molecule has 1 atom stereocenters. The minimum Gasteiger partial charge on any atom is -0.494 e. The number of hydrogen-bond donors (Lipinski definition) is 0. The van der Waals surface area contributed by atoms with Crippen molar-refractivity contribution in [2.45, 2.75) is 32.2 Å². The van der Waals surface area contributed by atoms with Crippen molar-refractivity contribution < 1.29 is 14.3 Å². The average Bonchev–Trinajstić information content (AvgIpc) is 2.89. The molecular weight excluding hydrogens is 480 g/mol. The molecule has 9 heteroatoms. The molecule has 0 unspecified atom stereocenters. The fourth-order valence-electron chi connectivity index (χ4n) is 3.38. The predicted octanol–water partition coefficient (Wildman–Crippen LogP) is 5.26. The number of carbonyl (C=O) groups is 1. The number of halogens is 1. The summed E-state index contributed by atoms with van der Waals surface area (Å²) < 4.78 is 12.8. The van der Waals surface area contributed by atoms with Crippen molar-refractivity contribution in [2.24, 2.45) is 0 Å². The molecule has 0 saturated carbocycles. The van der Waals surface area contributed by atoms with Crippen LogP contribution in [0.4, 0.5) is 5.69 Å². The predicted molar refractivity (Wildman–Crippen MR) is 124 cm³/mol. The van der Waals surface area contributed by atoms with Gasteiger partial charge in [-0.2, -0.15) is 4.98 Å². The zero-order valence-electron chi connectivity index (χ0n) is 17.3. The number of amides is 1. The Kier molecular flexibility index (Phi) is 6.43. The van der Waals surface area contributed by atoms with Crippen LogP contribution in [0.2, 0.25) is 0 Å². The van der Waals surface area contributed by atoms with Gasteiger partial charge in [0, 0.05) is 22.5 Å². The SMILES string of the molecule is CCOc1ccc([C@@H]2Oc3nc(SCC)nnc3-c3cc(Br)ccc3N2C(C)=O)cc1. The summed E-state index contributed by atoms with van der Waals surface area (Å²) in [7, 11) is 0. The summed E-state index contributed by atoms with van der Waals surface area (Å²) in [5.74, 6) is 1.74. The molecule has 31 heavy (non-hydrogen) atoms. The monoisotopic (exact) mass is 500 g/mol. The highest BCUT2D eigenvalue weighted by atomic mass is 79.9. The smallest absolute Gasteiger partial charge is 0.247 e.